The first-order valence-corrected chi connectivity index (χ1v) is 14.2. The first-order valence-electron chi connectivity index (χ1n) is 12.8. The molecule has 38 heavy (non-hydrogen) atoms. The van der Waals surface area contributed by atoms with E-state index in [9.17, 15) is 23.1 Å². The van der Waals surface area contributed by atoms with Gasteiger partial charge in [-0.2, -0.15) is 4.31 Å². The molecule has 1 aliphatic heterocycles. The molecule has 11 heteroatoms. The first kappa shape index (κ1) is 27.7. The molecule has 3 N–H and O–H groups in total. The number of furan rings is 1. The van der Waals surface area contributed by atoms with Crippen LogP contribution in [0.5, 0.6) is 0 Å². The number of nitrogens with one attached hydrogen (secondary N) is 2. The molecule has 204 valence electrons. The number of benzene rings is 1. The van der Waals surface area contributed by atoms with Crippen LogP contribution in [-0.2, 0) is 14.8 Å². The smallest absolute Gasteiger partial charge is 0.287 e. The second-order valence-corrected chi connectivity index (χ2v) is 11.8. The molecule has 3 atom stereocenters. The number of aryl methyl sites for hydroxylation is 1. The van der Waals surface area contributed by atoms with E-state index in [0.717, 1.165) is 9.69 Å². The lowest BCUT2D eigenvalue weighted by Gasteiger charge is -2.33. The van der Waals surface area contributed by atoms with Crippen LogP contribution in [0.3, 0.4) is 0 Å². The van der Waals surface area contributed by atoms with Gasteiger partial charge in [0.15, 0.2) is 10.8 Å². The summed E-state index contributed by atoms with van der Waals surface area (Å²) in [6.07, 6.45) is 0.768. The van der Waals surface area contributed by atoms with Gasteiger partial charge in [-0.05, 0) is 56.7 Å². The Balaban J connectivity index is 1.59. The van der Waals surface area contributed by atoms with E-state index in [4.69, 9.17) is 4.42 Å². The summed E-state index contributed by atoms with van der Waals surface area (Å²) in [7, 11) is -4.10. The number of nitrogens with zero attached hydrogens (tertiary/aromatic N) is 2. The van der Waals surface area contributed by atoms with Crippen LogP contribution < -0.4 is 10.6 Å². The largest absolute Gasteiger partial charge is 0.451 e. The fourth-order valence-electron chi connectivity index (χ4n) is 4.73. The molecule has 0 radical (unpaired) electrons. The fraction of sp³-hybridized carbons (Fsp3) is 0.444. The van der Waals surface area contributed by atoms with E-state index in [-0.39, 0.29) is 23.2 Å². The van der Waals surface area contributed by atoms with Crippen LogP contribution in [0, 0.1) is 12.8 Å². The summed E-state index contributed by atoms with van der Waals surface area (Å²) in [6, 6.07) is 10.9. The molecule has 2 unspecified atom stereocenters. The second kappa shape index (κ2) is 11.6. The van der Waals surface area contributed by atoms with Gasteiger partial charge in [0.2, 0.25) is 5.91 Å². The van der Waals surface area contributed by atoms with E-state index < -0.39 is 40.1 Å². The minimum absolute atomic E-state index is 0.0373. The molecule has 1 fully saturated rings. The van der Waals surface area contributed by atoms with Gasteiger partial charge in [-0.1, -0.05) is 38.1 Å². The molecule has 1 saturated heterocycles. The Kier molecular flexibility index (Phi) is 8.49. The molecule has 1 aliphatic rings. The van der Waals surface area contributed by atoms with Crippen molar-refractivity contribution in [3.63, 3.8) is 0 Å². The van der Waals surface area contributed by atoms with Crippen molar-refractivity contribution >= 4 is 32.8 Å². The number of rotatable bonds is 8. The van der Waals surface area contributed by atoms with Crippen molar-refractivity contribution in [2.24, 2.45) is 5.92 Å². The van der Waals surface area contributed by atoms with Gasteiger partial charge >= 0.3 is 0 Å². The van der Waals surface area contributed by atoms with E-state index in [2.05, 4.69) is 15.6 Å². The van der Waals surface area contributed by atoms with Crippen molar-refractivity contribution in [2.75, 3.05) is 6.54 Å². The molecule has 0 aliphatic carbocycles. The standard InChI is InChI=1S/C27H34N4O6S/c1-17(2)16-20(29-27(34)24-18(3)19-10-4-5-12-22(19)37-24)26(33)30-25-21(32)11-7-9-15-31(25)38(35,36)23-13-6-8-14-28-23/h4-6,8,10,12-14,17,20-21,25,32H,7,9,11,15-16H2,1-3H3,(H,29,34)(H,30,33)/t20?,21-,25?/m0/s1. The van der Waals surface area contributed by atoms with Crippen LogP contribution in [0.4, 0.5) is 0 Å². The number of amides is 2. The lowest BCUT2D eigenvalue weighted by Crippen LogP contribution is -2.59. The van der Waals surface area contributed by atoms with Gasteiger partial charge in [0.1, 0.15) is 17.8 Å². The molecular formula is C27H34N4O6S. The van der Waals surface area contributed by atoms with Gasteiger partial charge in [0, 0.05) is 23.7 Å². The van der Waals surface area contributed by atoms with Crippen LogP contribution in [0.15, 0.2) is 58.1 Å². The zero-order valence-electron chi connectivity index (χ0n) is 21.8. The van der Waals surface area contributed by atoms with Crippen LogP contribution in [0.2, 0.25) is 0 Å². The number of aromatic nitrogens is 1. The lowest BCUT2D eigenvalue weighted by molar-refractivity contribution is -0.126. The molecule has 3 heterocycles. The van der Waals surface area contributed by atoms with E-state index >= 15 is 0 Å². The Morgan fingerprint density at radius 2 is 1.89 bits per heavy atom. The number of hydrogen-bond acceptors (Lipinski definition) is 7. The molecule has 0 bridgehead atoms. The first-order chi connectivity index (χ1) is 18.1. The van der Waals surface area contributed by atoms with Crippen molar-refractivity contribution in [1.82, 2.24) is 19.9 Å². The molecular weight excluding hydrogens is 508 g/mol. The number of pyridine rings is 1. The van der Waals surface area contributed by atoms with Crippen LogP contribution in [-0.4, -0.2) is 59.5 Å². The number of carbonyl (C=O) groups excluding carboxylic acids is 2. The molecule has 0 saturated carbocycles. The Morgan fingerprint density at radius 3 is 2.58 bits per heavy atom. The summed E-state index contributed by atoms with van der Waals surface area (Å²) in [5.41, 5.74) is 1.23. The summed E-state index contributed by atoms with van der Waals surface area (Å²) in [5.74, 6) is -0.983. The molecule has 2 aromatic heterocycles. The Hall–Kier alpha value is -3.28. The Labute approximate surface area is 222 Å². The van der Waals surface area contributed by atoms with Crippen molar-refractivity contribution in [1.29, 1.82) is 0 Å². The van der Waals surface area contributed by atoms with Gasteiger partial charge in [0.05, 0.1) is 6.10 Å². The number of sulfonamides is 1. The Bertz CT molecular complexity index is 1390. The van der Waals surface area contributed by atoms with Crippen molar-refractivity contribution in [3.05, 3.63) is 60.0 Å². The third kappa shape index (κ3) is 5.90. The van der Waals surface area contributed by atoms with Crippen molar-refractivity contribution in [3.8, 4) is 0 Å². The summed E-state index contributed by atoms with van der Waals surface area (Å²) >= 11 is 0. The molecule has 4 rings (SSSR count). The maximum absolute atomic E-state index is 13.5. The minimum atomic E-state index is -4.10. The lowest BCUT2D eigenvalue weighted by atomic mass is 10.0. The number of fused-ring (bicyclic) bond motifs is 1. The maximum atomic E-state index is 13.5. The Morgan fingerprint density at radius 1 is 1.16 bits per heavy atom. The van der Waals surface area contributed by atoms with E-state index in [1.807, 2.05) is 32.0 Å². The summed E-state index contributed by atoms with van der Waals surface area (Å²) in [6.45, 7) is 5.72. The highest BCUT2D eigenvalue weighted by Gasteiger charge is 2.40. The molecule has 3 aromatic rings. The predicted octanol–water partition coefficient (Wildman–Crippen LogP) is 2.96. The van der Waals surface area contributed by atoms with Crippen LogP contribution >= 0.6 is 0 Å². The fourth-order valence-corrected chi connectivity index (χ4v) is 6.28. The van der Waals surface area contributed by atoms with E-state index in [0.29, 0.717) is 36.8 Å². The number of aliphatic hydroxyl groups excluding tert-OH is 1. The molecule has 2 amide bonds. The third-order valence-corrected chi connectivity index (χ3v) is 8.48. The zero-order chi connectivity index (χ0) is 27.4. The molecule has 0 spiro atoms. The van der Waals surface area contributed by atoms with Gasteiger partial charge in [-0.3, -0.25) is 9.59 Å². The average Bonchev–Trinajstić information content (AvgIpc) is 3.12. The normalized spacial score (nSPS) is 19.7. The predicted molar refractivity (Wildman–Crippen MR) is 142 cm³/mol. The second-order valence-electron chi connectivity index (χ2n) is 10.0. The highest BCUT2D eigenvalue weighted by molar-refractivity contribution is 7.89. The molecule has 1 aromatic carbocycles. The number of carbonyl (C=O) groups is 2. The van der Waals surface area contributed by atoms with Crippen LogP contribution in [0.1, 0.15) is 55.6 Å². The van der Waals surface area contributed by atoms with Crippen molar-refractivity contribution in [2.45, 2.75) is 69.8 Å². The highest BCUT2D eigenvalue weighted by atomic mass is 32.2. The van der Waals surface area contributed by atoms with Crippen LogP contribution in [0.25, 0.3) is 11.0 Å². The maximum Gasteiger partial charge on any atom is 0.287 e. The summed E-state index contributed by atoms with van der Waals surface area (Å²) in [5, 5.41) is 17.0. The van der Waals surface area contributed by atoms with Gasteiger partial charge in [0.25, 0.3) is 15.9 Å². The number of hydrogen-bond donors (Lipinski definition) is 3. The minimum Gasteiger partial charge on any atom is -0.451 e. The topological polar surface area (TPSA) is 142 Å². The molecule has 10 nitrogen and oxygen atoms in total. The number of aliphatic hydroxyl groups is 1. The average molecular weight is 543 g/mol. The summed E-state index contributed by atoms with van der Waals surface area (Å²) in [4.78, 5) is 30.7. The van der Waals surface area contributed by atoms with Crippen molar-refractivity contribution < 1.29 is 27.5 Å². The quantitative estimate of drug-likeness (QED) is 0.397. The number of para-hydroxylation sites is 1. The van der Waals surface area contributed by atoms with Gasteiger partial charge in [-0.25, -0.2) is 13.4 Å². The summed E-state index contributed by atoms with van der Waals surface area (Å²) < 4.78 is 33.7. The third-order valence-electron chi connectivity index (χ3n) is 6.68. The van der Waals surface area contributed by atoms with Gasteiger partial charge in [-0.15, -0.1) is 0 Å². The zero-order valence-corrected chi connectivity index (χ0v) is 22.6. The van der Waals surface area contributed by atoms with E-state index in [1.165, 1.54) is 12.3 Å². The van der Waals surface area contributed by atoms with E-state index in [1.54, 1.807) is 25.1 Å². The highest BCUT2D eigenvalue weighted by Crippen LogP contribution is 2.26. The van der Waals surface area contributed by atoms with Gasteiger partial charge < -0.3 is 20.2 Å². The SMILES string of the molecule is Cc1c(C(=O)NC(CC(C)C)C(=O)NC2[C@@H](O)CCCCN2S(=O)(=O)c2ccccn2)oc2ccccc12. The monoisotopic (exact) mass is 542 g/mol.